The molecule has 0 atom stereocenters. The Morgan fingerprint density at radius 2 is 1.24 bits per heavy atom. The van der Waals surface area contributed by atoms with Gasteiger partial charge in [0.25, 0.3) is 0 Å². The first-order chi connectivity index (χ1) is 8.40. The molecule has 0 saturated heterocycles. The van der Waals surface area contributed by atoms with Gasteiger partial charge in [-0.1, -0.05) is 24.3 Å². The number of thiophene rings is 1. The van der Waals surface area contributed by atoms with Gasteiger partial charge in [-0.3, -0.25) is 0 Å². The first kappa shape index (κ1) is 9.07. The van der Waals surface area contributed by atoms with Crippen molar-refractivity contribution >= 4 is 22.1 Å². The summed E-state index contributed by atoms with van der Waals surface area (Å²) in [7, 11) is 0. The molecule has 2 aromatic carbocycles. The number of fused-ring (bicyclic) bond motifs is 3. The topological polar surface area (TPSA) is 18.5 Å². The van der Waals surface area contributed by atoms with Crippen molar-refractivity contribution in [2.45, 2.75) is 0 Å². The zero-order valence-corrected chi connectivity index (χ0v) is 9.66. The van der Waals surface area contributed by atoms with Gasteiger partial charge in [0.1, 0.15) is 0 Å². The summed E-state index contributed by atoms with van der Waals surface area (Å²) in [6, 6.07) is 12.2. The Morgan fingerprint density at radius 1 is 0.706 bits per heavy atom. The summed E-state index contributed by atoms with van der Waals surface area (Å²) in [6.45, 7) is 0. The van der Waals surface area contributed by atoms with Gasteiger partial charge in [-0.15, -0.1) is 11.3 Å². The zero-order chi connectivity index (χ0) is 11.2. The third-order valence-electron chi connectivity index (χ3n) is 2.84. The monoisotopic (exact) mass is 240 g/mol. The van der Waals surface area contributed by atoms with E-state index < -0.39 is 0 Å². The minimum absolute atomic E-state index is 0.787. The number of hydrogen-bond acceptors (Lipinski definition) is 3. The van der Waals surface area contributed by atoms with Crippen LogP contribution in [0, 0.1) is 0 Å². The van der Waals surface area contributed by atoms with Crippen LogP contribution in [0.3, 0.4) is 0 Å². The summed E-state index contributed by atoms with van der Waals surface area (Å²) in [5.41, 5.74) is 0. The molecule has 1 aliphatic rings. The lowest BCUT2D eigenvalue weighted by molar-refractivity contribution is 0.363. The van der Waals surface area contributed by atoms with E-state index in [4.69, 9.17) is 9.47 Å². The predicted molar refractivity (Wildman–Crippen MR) is 68.4 cm³/mol. The van der Waals surface area contributed by atoms with Crippen molar-refractivity contribution in [3.8, 4) is 23.0 Å². The number of rotatable bonds is 0. The first-order valence-corrected chi connectivity index (χ1v) is 6.29. The van der Waals surface area contributed by atoms with Gasteiger partial charge >= 0.3 is 0 Å². The van der Waals surface area contributed by atoms with E-state index in [1.807, 2.05) is 35.0 Å². The average Bonchev–Trinajstić information content (AvgIpc) is 2.80. The van der Waals surface area contributed by atoms with Crippen molar-refractivity contribution in [1.82, 2.24) is 0 Å². The quantitative estimate of drug-likeness (QED) is 0.439. The normalized spacial score (nSPS) is 12.5. The van der Waals surface area contributed by atoms with E-state index >= 15 is 0 Å². The maximum absolute atomic E-state index is 5.81. The molecule has 3 aromatic rings. The zero-order valence-electron chi connectivity index (χ0n) is 8.84. The molecule has 1 aliphatic heterocycles. The van der Waals surface area contributed by atoms with Crippen LogP contribution in [0.25, 0.3) is 10.8 Å². The SMILES string of the molecule is c1ccc2cc3c(cc2c1)Oc1cscc1O3. The summed E-state index contributed by atoms with van der Waals surface area (Å²) in [4.78, 5) is 0. The van der Waals surface area contributed by atoms with Crippen LogP contribution in [0.1, 0.15) is 0 Å². The molecule has 82 valence electrons. The Balaban J connectivity index is 1.95. The van der Waals surface area contributed by atoms with Crippen LogP contribution in [0.4, 0.5) is 0 Å². The molecule has 1 aromatic heterocycles. The molecule has 0 N–H and O–H groups in total. The minimum Gasteiger partial charge on any atom is -0.449 e. The van der Waals surface area contributed by atoms with Gasteiger partial charge in [0.2, 0.25) is 0 Å². The van der Waals surface area contributed by atoms with Crippen molar-refractivity contribution in [1.29, 1.82) is 0 Å². The van der Waals surface area contributed by atoms with Crippen molar-refractivity contribution in [3.05, 3.63) is 47.2 Å². The fourth-order valence-electron chi connectivity index (χ4n) is 2.02. The van der Waals surface area contributed by atoms with E-state index in [0.29, 0.717) is 0 Å². The van der Waals surface area contributed by atoms with Crippen LogP contribution in [0.5, 0.6) is 23.0 Å². The lowest BCUT2D eigenvalue weighted by Crippen LogP contribution is -1.96. The van der Waals surface area contributed by atoms with E-state index in [1.54, 1.807) is 11.3 Å². The Bertz CT molecular complexity index is 656. The second-order valence-corrected chi connectivity index (χ2v) is 4.69. The van der Waals surface area contributed by atoms with E-state index in [2.05, 4.69) is 12.1 Å². The largest absolute Gasteiger partial charge is 0.449 e. The second kappa shape index (κ2) is 3.25. The van der Waals surface area contributed by atoms with E-state index in [-0.39, 0.29) is 0 Å². The number of hydrogen-bond donors (Lipinski definition) is 0. The van der Waals surface area contributed by atoms with Gasteiger partial charge in [-0.05, 0) is 22.9 Å². The first-order valence-electron chi connectivity index (χ1n) is 5.35. The molecule has 0 unspecified atom stereocenters. The summed E-state index contributed by atoms with van der Waals surface area (Å²) >= 11 is 1.58. The second-order valence-electron chi connectivity index (χ2n) is 3.95. The van der Waals surface area contributed by atoms with Gasteiger partial charge in [0.15, 0.2) is 23.0 Å². The fraction of sp³-hybridized carbons (Fsp3) is 0. The Labute approximate surface area is 102 Å². The highest BCUT2D eigenvalue weighted by molar-refractivity contribution is 7.08. The average molecular weight is 240 g/mol. The molecular formula is C14H8O2S. The molecule has 0 bridgehead atoms. The summed E-state index contributed by atoms with van der Waals surface area (Å²) in [5.74, 6) is 3.18. The molecule has 3 heteroatoms. The van der Waals surface area contributed by atoms with Gasteiger partial charge in [-0.2, -0.15) is 0 Å². The van der Waals surface area contributed by atoms with Crippen LogP contribution in [-0.4, -0.2) is 0 Å². The van der Waals surface area contributed by atoms with Gasteiger partial charge < -0.3 is 9.47 Å². The van der Waals surface area contributed by atoms with Crippen LogP contribution in [0.15, 0.2) is 47.2 Å². The third-order valence-corrected chi connectivity index (χ3v) is 3.55. The highest BCUT2D eigenvalue weighted by Crippen LogP contribution is 2.48. The molecule has 0 saturated carbocycles. The van der Waals surface area contributed by atoms with Crippen molar-refractivity contribution < 1.29 is 9.47 Å². The Kier molecular flexibility index (Phi) is 1.73. The molecule has 0 fully saturated rings. The molecule has 2 heterocycles. The summed E-state index contributed by atoms with van der Waals surface area (Å²) in [5, 5.41) is 6.23. The van der Waals surface area contributed by atoms with Crippen molar-refractivity contribution in [2.24, 2.45) is 0 Å². The molecule has 17 heavy (non-hydrogen) atoms. The van der Waals surface area contributed by atoms with Gasteiger partial charge in [-0.25, -0.2) is 0 Å². The van der Waals surface area contributed by atoms with E-state index in [0.717, 1.165) is 33.8 Å². The lowest BCUT2D eigenvalue weighted by atomic mass is 10.1. The standard InChI is InChI=1S/C14H8O2S/c1-2-4-10-6-12-11(5-9(10)3-1)15-13-7-17-8-14(13)16-12/h1-8H. The maximum atomic E-state index is 5.81. The molecule has 0 amide bonds. The van der Waals surface area contributed by atoms with Crippen LogP contribution in [-0.2, 0) is 0 Å². The van der Waals surface area contributed by atoms with Crippen LogP contribution >= 0.6 is 11.3 Å². The minimum atomic E-state index is 0.787. The van der Waals surface area contributed by atoms with Crippen molar-refractivity contribution in [2.75, 3.05) is 0 Å². The maximum Gasteiger partial charge on any atom is 0.180 e. The molecule has 4 rings (SSSR count). The Morgan fingerprint density at radius 3 is 1.76 bits per heavy atom. The van der Waals surface area contributed by atoms with E-state index in [9.17, 15) is 0 Å². The van der Waals surface area contributed by atoms with Crippen LogP contribution in [0.2, 0.25) is 0 Å². The predicted octanol–water partition coefficient (Wildman–Crippen LogP) is 4.80. The van der Waals surface area contributed by atoms with E-state index in [1.165, 1.54) is 0 Å². The third kappa shape index (κ3) is 1.33. The number of ether oxygens (including phenoxy) is 2. The molecule has 2 nitrogen and oxygen atoms in total. The van der Waals surface area contributed by atoms with Crippen LogP contribution < -0.4 is 9.47 Å². The van der Waals surface area contributed by atoms with Crippen molar-refractivity contribution in [3.63, 3.8) is 0 Å². The smallest absolute Gasteiger partial charge is 0.180 e. The summed E-state index contributed by atoms with van der Waals surface area (Å²) < 4.78 is 11.6. The molecule has 0 aliphatic carbocycles. The Hall–Kier alpha value is -2.00. The lowest BCUT2D eigenvalue weighted by Gasteiger charge is -2.18. The molecular weight excluding hydrogens is 232 g/mol. The van der Waals surface area contributed by atoms with Gasteiger partial charge in [0.05, 0.1) is 0 Å². The van der Waals surface area contributed by atoms with Gasteiger partial charge in [0, 0.05) is 10.8 Å². The number of benzene rings is 2. The molecule has 0 spiro atoms. The highest BCUT2D eigenvalue weighted by atomic mass is 32.1. The summed E-state index contributed by atoms with van der Waals surface area (Å²) in [6.07, 6.45) is 0. The highest BCUT2D eigenvalue weighted by Gasteiger charge is 2.19. The molecule has 0 radical (unpaired) electrons. The fourth-order valence-corrected chi connectivity index (χ4v) is 2.66.